The van der Waals surface area contributed by atoms with E-state index in [0.717, 1.165) is 28.4 Å². The molecule has 2 N–H and O–H groups in total. The van der Waals surface area contributed by atoms with Gasteiger partial charge >= 0.3 is 0 Å². The number of thioether (sulfide) groups is 1. The molecule has 1 heterocycles. The van der Waals surface area contributed by atoms with Crippen LogP contribution in [-0.4, -0.2) is 18.2 Å². The number of aryl methyl sites for hydroxylation is 1. The van der Waals surface area contributed by atoms with Crippen LogP contribution in [0.4, 0.5) is 0 Å². The SMILES string of the molecule is Cc1cc2c(cc1C=NN=C(N)SCc1ccccc1)OCO2. The second kappa shape index (κ2) is 7.19. The summed E-state index contributed by atoms with van der Waals surface area (Å²) < 4.78 is 10.7. The molecule has 0 saturated carbocycles. The Bertz CT molecular complexity index is 745. The number of benzene rings is 2. The zero-order valence-electron chi connectivity index (χ0n) is 12.7. The molecule has 6 heteroatoms. The molecule has 1 aliphatic heterocycles. The van der Waals surface area contributed by atoms with Crippen molar-refractivity contribution in [2.75, 3.05) is 6.79 Å². The average Bonchev–Trinajstić information content (AvgIpc) is 3.01. The molecule has 0 fully saturated rings. The predicted octanol–water partition coefficient (Wildman–Crippen LogP) is 3.31. The summed E-state index contributed by atoms with van der Waals surface area (Å²) in [5.41, 5.74) is 9.04. The van der Waals surface area contributed by atoms with E-state index in [-0.39, 0.29) is 6.79 Å². The Balaban J connectivity index is 1.61. The quantitative estimate of drug-likeness (QED) is 0.531. The van der Waals surface area contributed by atoms with Gasteiger partial charge in [0.05, 0.1) is 6.21 Å². The van der Waals surface area contributed by atoms with Gasteiger partial charge in [0, 0.05) is 11.3 Å². The summed E-state index contributed by atoms with van der Waals surface area (Å²) in [7, 11) is 0. The summed E-state index contributed by atoms with van der Waals surface area (Å²) in [6, 6.07) is 13.9. The van der Waals surface area contributed by atoms with Crippen molar-refractivity contribution in [2.24, 2.45) is 15.9 Å². The molecule has 0 unspecified atom stereocenters. The molecule has 0 spiro atoms. The van der Waals surface area contributed by atoms with Gasteiger partial charge < -0.3 is 15.2 Å². The predicted molar refractivity (Wildman–Crippen MR) is 94.3 cm³/mol. The Hall–Kier alpha value is -2.47. The molecular weight excluding hydrogens is 310 g/mol. The normalized spacial score (nSPS) is 13.7. The lowest BCUT2D eigenvalue weighted by molar-refractivity contribution is 0.174. The minimum atomic E-state index is 0.261. The molecule has 0 bridgehead atoms. The van der Waals surface area contributed by atoms with E-state index >= 15 is 0 Å². The number of fused-ring (bicyclic) bond motifs is 1. The second-order valence-corrected chi connectivity index (χ2v) is 6.01. The van der Waals surface area contributed by atoms with Crippen LogP contribution >= 0.6 is 11.8 Å². The van der Waals surface area contributed by atoms with Gasteiger partial charge in [0.2, 0.25) is 6.79 Å². The Morgan fingerprint density at radius 2 is 1.96 bits per heavy atom. The van der Waals surface area contributed by atoms with Crippen molar-refractivity contribution in [2.45, 2.75) is 12.7 Å². The Morgan fingerprint density at radius 1 is 1.22 bits per heavy atom. The largest absolute Gasteiger partial charge is 0.454 e. The molecule has 23 heavy (non-hydrogen) atoms. The molecule has 2 aromatic carbocycles. The lowest BCUT2D eigenvalue weighted by Gasteiger charge is -2.02. The highest BCUT2D eigenvalue weighted by molar-refractivity contribution is 8.13. The summed E-state index contributed by atoms with van der Waals surface area (Å²) >= 11 is 1.46. The van der Waals surface area contributed by atoms with Crippen molar-refractivity contribution >= 4 is 23.1 Å². The number of nitrogens with two attached hydrogens (primary N) is 1. The molecule has 2 aromatic rings. The topological polar surface area (TPSA) is 69.2 Å². The second-order valence-electron chi connectivity index (χ2n) is 5.02. The summed E-state index contributed by atoms with van der Waals surface area (Å²) in [5.74, 6) is 2.27. The summed E-state index contributed by atoms with van der Waals surface area (Å²) in [6.45, 7) is 2.25. The van der Waals surface area contributed by atoms with Crippen molar-refractivity contribution in [1.29, 1.82) is 0 Å². The molecular formula is C17H17N3O2S. The van der Waals surface area contributed by atoms with Gasteiger partial charge in [0.25, 0.3) is 0 Å². The van der Waals surface area contributed by atoms with Gasteiger partial charge in [-0.1, -0.05) is 42.1 Å². The molecule has 0 saturated heterocycles. The fraction of sp³-hybridized carbons (Fsp3) is 0.176. The monoisotopic (exact) mass is 327 g/mol. The van der Waals surface area contributed by atoms with E-state index < -0.39 is 0 Å². The first kappa shape index (κ1) is 15.4. The zero-order valence-corrected chi connectivity index (χ0v) is 13.5. The van der Waals surface area contributed by atoms with E-state index in [0.29, 0.717) is 5.17 Å². The minimum absolute atomic E-state index is 0.261. The van der Waals surface area contributed by atoms with E-state index in [1.807, 2.05) is 37.3 Å². The van der Waals surface area contributed by atoms with Gasteiger partial charge in [-0.25, -0.2) is 0 Å². The first-order chi connectivity index (χ1) is 11.2. The highest BCUT2D eigenvalue weighted by atomic mass is 32.2. The maximum Gasteiger partial charge on any atom is 0.231 e. The molecule has 0 amide bonds. The average molecular weight is 327 g/mol. The molecule has 0 aromatic heterocycles. The lowest BCUT2D eigenvalue weighted by atomic mass is 10.1. The van der Waals surface area contributed by atoms with E-state index in [2.05, 4.69) is 22.3 Å². The van der Waals surface area contributed by atoms with Crippen LogP contribution in [0, 0.1) is 6.92 Å². The maximum absolute atomic E-state index is 5.87. The van der Waals surface area contributed by atoms with Crippen LogP contribution in [0.2, 0.25) is 0 Å². The lowest BCUT2D eigenvalue weighted by Crippen LogP contribution is -2.06. The number of hydrogen-bond donors (Lipinski definition) is 1. The van der Waals surface area contributed by atoms with Crippen LogP contribution in [-0.2, 0) is 5.75 Å². The molecule has 0 radical (unpaired) electrons. The maximum atomic E-state index is 5.87. The molecule has 1 aliphatic rings. The van der Waals surface area contributed by atoms with Crippen LogP contribution in [0.1, 0.15) is 16.7 Å². The van der Waals surface area contributed by atoms with Crippen molar-refractivity contribution in [1.82, 2.24) is 0 Å². The van der Waals surface area contributed by atoms with E-state index in [1.54, 1.807) is 6.21 Å². The van der Waals surface area contributed by atoms with Gasteiger partial charge in [-0.15, -0.1) is 5.10 Å². The molecule has 0 aliphatic carbocycles. The van der Waals surface area contributed by atoms with Crippen LogP contribution < -0.4 is 15.2 Å². The summed E-state index contributed by atoms with van der Waals surface area (Å²) in [5, 5.41) is 8.52. The van der Waals surface area contributed by atoms with E-state index in [1.165, 1.54) is 17.3 Å². The number of rotatable bonds is 4. The minimum Gasteiger partial charge on any atom is -0.454 e. The fourth-order valence-corrected chi connectivity index (χ4v) is 2.72. The third-order valence-electron chi connectivity index (χ3n) is 3.34. The van der Waals surface area contributed by atoms with Gasteiger partial charge in [0.15, 0.2) is 16.7 Å². The van der Waals surface area contributed by atoms with Crippen molar-refractivity contribution in [3.63, 3.8) is 0 Å². The Labute approximate surface area is 139 Å². The van der Waals surface area contributed by atoms with Crippen molar-refractivity contribution < 1.29 is 9.47 Å². The fourth-order valence-electron chi connectivity index (χ4n) is 2.11. The van der Waals surface area contributed by atoms with Crippen molar-refractivity contribution in [3.05, 3.63) is 59.2 Å². The third kappa shape index (κ3) is 4.04. The van der Waals surface area contributed by atoms with Gasteiger partial charge in [-0.05, 0) is 30.2 Å². The van der Waals surface area contributed by atoms with Gasteiger partial charge in [-0.2, -0.15) is 5.10 Å². The van der Waals surface area contributed by atoms with Crippen LogP contribution in [0.15, 0.2) is 52.7 Å². The van der Waals surface area contributed by atoms with Gasteiger partial charge in [-0.3, -0.25) is 0 Å². The first-order valence-electron chi connectivity index (χ1n) is 7.16. The molecule has 0 atom stereocenters. The summed E-state index contributed by atoms with van der Waals surface area (Å²) in [4.78, 5) is 0. The Kier molecular flexibility index (Phi) is 4.83. The van der Waals surface area contributed by atoms with Crippen molar-refractivity contribution in [3.8, 4) is 11.5 Å². The number of hydrogen-bond acceptors (Lipinski definition) is 5. The molecule has 3 rings (SSSR count). The third-order valence-corrected chi connectivity index (χ3v) is 4.20. The zero-order chi connectivity index (χ0) is 16.1. The van der Waals surface area contributed by atoms with Gasteiger partial charge in [0.1, 0.15) is 0 Å². The van der Waals surface area contributed by atoms with Crippen LogP contribution in [0.3, 0.4) is 0 Å². The summed E-state index contributed by atoms with van der Waals surface area (Å²) in [6.07, 6.45) is 1.67. The highest BCUT2D eigenvalue weighted by Crippen LogP contribution is 2.34. The van der Waals surface area contributed by atoms with Crippen LogP contribution in [0.25, 0.3) is 0 Å². The standard InChI is InChI=1S/C17H17N3O2S/c1-12-7-15-16(22-11-21-15)8-14(12)9-19-20-17(18)23-10-13-5-3-2-4-6-13/h2-9H,10-11H2,1H3,(H2,18,20). The smallest absolute Gasteiger partial charge is 0.231 e. The molecule has 5 nitrogen and oxygen atoms in total. The number of amidine groups is 1. The first-order valence-corrected chi connectivity index (χ1v) is 8.14. The number of nitrogens with zero attached hydrogens (tertiary/aromatic N) is 2. The van der Waals surface area contributed by atoms with E-state index in [4.69, 9.17) is 15.2 Å². The van der Waals surface area contributed by atoms with Crippen LogP contribution in [0.5, 0.6) is 11.5 Å². The highest BCUT2D eigenvalue weighted by Gasteiger charge is 2.14. The number of ether oxygens (including phenoxy) is 2. The Morgan fingerprint density at radius 3 is 2.74 bits per heavy atom. The van der Waals surface area contributed by atoms with E-state index in [9.17, 15) is 0 Å². The molecule has 118 valence electrons.